The Hall–Kier alpha value is -3.37. The Labute approximate surface area is 147 Å². The molecule has 25 heavy (non-hydrogen) atoms. The Morgan fingerprint density at radius 3 is 2.68 bits per heavy atom. The van der Waals surface area contributed by atoms with E-state index in [0.717, 1.165) is 32.6 Å². The number of nitrogens with one attached hydrogen (secondary N) is 1. The molecule has 0 saturated heterocycles. The third-order valence-electron chi connectivity index (χ3n) is 4.08. The first-order chi connectivity index (χ1) is 12.1. The third-order valence-corrected chi connectivity index (χ3v) is 5.09. The van der Waals surface area contributed by atoms with Crippen LogP contribution in [0.3, 0.4) is 0 Å². The average Bonchev–Trinajstić information content (AvgIpc) is 3.17. The second-order valence-electron chi connectivity index (χ2n) is 5.64. The first-order valence-electron chi connectivity index (χ1n) is 7.59. The van der Waals surface area contributed by atoms with E-state index in [2.05, 4.69) is 21.0 Å². The van der Waals surface area contributed by atoms with E-state index in [-0.39, 0.29) is 5.82 Å². The molecule has 0 unspecified atom stereocenters. The molecule has 4 aromatic rings. The van der Waals surface area contributed by atoms with Gasteiger partial charge in [-0.05, 0) is 19.1 Å². The standard InChI is InChI=1S/C18H14N6S/c1-9-16(25-18(21)23-9)15-6-11(12(7-19)17(20)24-15)13-8-22-14-5-3-2-4-10(13)14/h2-6,8,22H,1H3,(H2,20,24)(H2,21,23). The van der Waals surface area contributed by atoms with E-state index >= 15 is 0 Å². The molecule has 0 atom stereocenters. The number of fused-ring (bicyclic) bond motifs is 1. The molecule has 0 fully saturated rings. The molecule has 0 amide bonds. The van der Waals surface area contributed by atoms with Crippen LogP contribution in [0.1, 0.15) is 11.3 Å². The minimum absolute atomic E-state index is 0.201. The molecule has 3 heterocycles. The number of hydrogen-bond acceptors (Lipinski definition) is 6. The van der Waals surface area contributed by atoms with Gasteiger partial charge in [-0.2, -0.15) is 5.26 Å². The number of nitriles is 1. The van der Waals surface area contributed by atoms with Crippen molar-refractivity contribution in [2.24, 2.45) is 0 Å². The van der Waals surface area contributed by atoms with Gasteiger partial charge in [0, 0.05) is 28.2 Å². The normalized spacial score (nSPS) is 10.9. The second-order valence-corrected chi connectivity index (χ2v) is 6.67. The van der Waals surface area contributed by atoms with Gasteiger partial charge in [-0.1, -0.05) is 29.5 Å². The van der Waals surface area contributed by atoms with Crippen LogP contribution in [-0.2, 0) is 0 Å². The average molecular weight is 346 g/mol. The highest BCUT2D eigenvalue weighted by Gasteiger charge is 2.18. The molecule has 0 aliphatic rings. The minimum Gasteiger partial charge on any atom is -0.383 e. The number of rotatable bonds is 2. The molecular weight excluding hydrogens is 332 g/mol. The van der Waals surface area contributed by atoms with Gasteiger partial charge in [-0.25, -0.2) is 9.97 Å². The molecule has 5 N–H and O–H groups in total. The number of aryl methyl sites for hydroxylation is 1. The zero-order valence-corrected chi connectivity index (χ0v) is 14.2. The maximum absolute atomic E-state index is 9.58. The lowest BCUT2D eigenvalue weighted by atomic mass is 9.99. The van der Waals surface area contributed by atoms with Crippen molar-refractivity contribution in [3.63, 3.8) is 0 Å². The summed E-state index contributed by atoms with van der Waals surface area (Å²) in [5, 5.41) is 11.1. The number of aromatic nitrogens is 3. The highest BCUT2D eigenvalue weighted by Crippen LogP contribution is 2.37. The lowest BCUT2D eigenvalue weighted by Crippen LogP contribution is -1.99. The molecule has 0 spiro atoms. The number of pyridine rings is 1. The van der Waals surface area contributed by atoms with Crippen LogP contribution in [0.15, 0.2) is 36.5 Å². The van der Waals surface area contributed by atoms with E-state index in [1.54, 1.807) is 0 Å². The summed E-state index contributed by atoms with van der Waals surface area (Å²) in [6.07, 6.45) is 1.89. The van der Waals surface area contributed by atoms with Crippen molar-refractivity contribution in [2.45, 2.75) is 6.92 Å². The number of hydrogen-bond donors (Lipinski definition) is 3. The molecule has 6 nitrogen and oxygen atoms in total. The Morgan fingerprint density at radius 2 is 1.96 bits per heavy atom. The summed E-state index contributed by atoms with van der Waals surface area (Å²) in [5.41, 5.74) is 16.4. The molecule has 0 radical (unpaired) electrons. The topological polar surface area (TPSA) is 117 Å². The van der Waals surface area contributed by atoms with E-state index in [1.807, 2.05) is 43.5 Å². The van der Waals surface area contributed by atoms with Crippen LogP contribution >= 0.6 is 11.3 Å². The summed E-state index contributed by atoms with van der Waals surface area (Å²) >= 11 is 1.36. The predicted molar refractivity (Wildman–Crippen MR) is 101 cm³/mol. The number of nitrogens with two attached hydrogens (primary N) is 2. The molecule has 0 aliphatic heterocycles. The van der Waals surface area contributed by atoms with Crippen LogP contribution in [0.4, 0.5) is 10.9 Å². The van der Waals surface area contributed by atoms with Crippen LogP contribution < -0.4 is 11.5 Å². The van der Waals surface area contributed by atoms with Crippen LogP contribution in [-0.4, -0.2) is 15.0 Å². The van der Waals surface area contributed by atoms with Gasteiger partial charge in [0.25, 0.3) is 0 Å². The lowest BCUT2D eigenvalue weighted by molar-refractivity contribution is 1.25. The van der Waals surface area contributed by atoms with Crippen molar-refractivity contribution in [2.75, 3.05) is 11.5 Å². The second kappa shape index (κ2) is 5.61. The quantitative estimate of drug-likeness (QED) is 0.511. The number of anilines is 2. The van der Waals surface area contributed by atoms with Gasteiger partial charge in [0.2, 0.25) is 0 Å². The van der Waals surface area contributed by atoms with Crippen LogP contribution in [0.2, 0.25) is 0 Å². The minimum atomic E-state index is 0.201. The lowest BCUT2D eigenvalue weighted by Gasteiger charge is -2.09. The maximum atomic E-state index is 9.58. The molecule has 0 bridgehead atoms. The first kappa shape index (κ1) is 15.2. The SMILES string of the molecule is Cc1nc(N)sc1-c1cc(-c2c[nH]c3ccccc23)c(C#N)c(N)n1. The zero-order valence-electron chi connectivity index (χ0n) is 13.4. The fraction of sp³-hybridized carbons (Fsp3) is 0.0556. The summed E-state index contributed by atoms with van der Waals surface area (Å²) in [6, 6.07) is 12.0. The van der Waals surface area contributed by atoms with E-state index in [4.69, 9.17) is 11.5 Å². The van der Waals surface area contributed by atoms with Gasteiger partial charge < -0.3 is 16.5 Å². The Balaban J connectivity index is 2.01. The monoisotopic (exact) mass is 346 g/mol. The maximum Gasteiger partial charge on any atom is 0.180 e. The van der Waals surface area contributed by atoms with Crippen LogP contribution in [0.25, 0.3) is 32.6 Å². The van der Waals surface area contributed by atoms with Crippen LogP contribution in [0.5, 0.6) is 0 Å². The number of thiazole rings is 1. The number of benzene rings is 1. The fourth-order valence-corrected chi connectivity index (χ4v) is 3.75. The van der Waals surface area contributed by atoms with E-state index in [0.29, 0.717) is 16.4 Å². The molecule has 0 saturated carbocycles. The van der Waals surface area contributed by atoms with Crippen molar-refractivity contribution >= 4 is 33.2 Å². The van der Waals surface area contributed by atoms with Crippen molar-refractivity contribution in [3.8, 4) is 27.8 Å². The van der Waals surface area contributed by atoms with Crippen LogP contribution in [0, 0.1) is 18.3 Å². The molecule has 0 aliphatic carbocycles. The van der Waals surface area contributed by atoms with Crippen molar-refractivity contribution in [3.05, 3.63) is 47.8 Å². The first-order valence-corrected chi connectivity index (χ1v) is 8.40. The van der Waals surface area contributed by atoms with Gasteiger partial charge in [0.1, 0.15) is 17.5 Å². The van der Waals surface area contributed by atoms with Crippen molar-refractivity contribution < 1.29 is 0 Å². The number of nitrogen functional groups attached to an aromatic ring is 2. The highest BCUT2D eigenvalue weighted by molar-refractivity contribution is 7.18. The largest absolute Gasteiger partial charge is 0.383 e. The van der Waals surface area contributed by atoms with E-state index in [1.165, 1.54) is 11.3 Å². The Kier molecular flexibility index (Phi) is 3.41. The molecular formula is C18H14N6S. The summed E-state index contributed by atoms with van der Waals surface area (Å²) in [7, 11) is 0. The smallest absolute Gasteiger partial charge is 0.180 e. The van der Waals surface area contributed by atoms with E-state index in [9.17, 15) is 5.26 Å². The molecule has 3 aromatic heterocycles. The summed E-state index contributed by atoms with van der Waals surface area (Å²) in [4.78, 5) is 12.7. The van der Waals surface area contributed by atoms with Gasteiger partial charge >= 0.3 is 0 Å². The predicted octanol–water partition coefficient (Wildman–Crippen LogP) is 3.70. The van der Waals surface area contributed by atoms with Gasteiger partial charge in [-0.15, -0.1) is 0 Å². The number of para-hydroxylation sites is 1. The summed E-state index contributed by atoms with van der Waals surface area (Å²) in [6.45, 7) is 1.88. The van der Waals surface area contributed by atoms with E-state index < -0.39 is 0 Å². The number of aromatic amines is 1. The molecule has 7 heteroatoms. The van der Waals surface area contributed by atoms with Gasteiger partial charge in [0.05, 0.1) is 16.3 Å². The molecule has 4 rings (SSSR count). The Morgan fingerprint density at radius 1 is 1.16 bits per heavy atom. The highest BCUT2D eigenvalue weighted by atomic mass is 32.1. The van der Waals surface area contributed by atoms with Crippen molar-refractivity contribution in [1.82, 2.24) is 15.0 Å². The third kappa shape index (κ3) is 2.40. The molecule has 1 aromatic carbocycles. The number of nitrogens with zero attached hydrogens (tertiary/aromatic N) is 3. The Bertz CT molecular complexity index is 1150. The molecule has 122 valence electrons. The summed E-state index contributed by atoms with van der Waals surface area (Å²) < 4.78 is 0. The summed E-state index contributed by atoms with van der Waals surface area (Å²) in [5.74, 6) is 0.201. The number of H-pyrrole nitrogens is 1. The van der Waals surface area contributed by atoms with Crippen molar-refractivity contribution in [1.29, 1.82) is 5.26 Å². The zero-order chi connectivity index (χ0) is 17.6. The fourth-order valence-electron chi connectivity index (χ4n) is 2.96. The van der Waals surface area contributed by atoms with Gasteiger partial charge in [-0.3, -0.25) is 0 Å². The van der Waals surface area contributed by atoms with Gasteiger partial charge in [0.15, 0.2) is 5.13 Å².